The summed E-state index contributed by atoms with van der Waals surface area (Å²) in [4.78, 5) is 12.5. The third-order valence-electron chi connectivity index (χ3n) is 5.54. The Morgan fingerprint density at radius 1 is 1.06 bits per heavy atom. The standard InChI is InChI=1S/C25H24F2N2O3/c1-31-19-12-13-21-20(14-19)22(29-24(30)32-16-17-8-4-2-5-9-17)15-23(28-21)25(26,27)18-10-6-3-7-11-18/h2-14,22-23,28H,15-16H2,1H3,(H,29,30)/t22-,23-/m0/s1. The molecule has 0 bridgehead atoms. The van der Waals surface area contributed by atoms with Gasteiger partial charge in [0, 0.05) is 16.8 Å². The van der Waals surface area contributed by atoms with Crippen LogP contribution in [0.5, 0.6) is 5.75 Å². The highest BCUT2D eigenvalue weighted by atomic mass is 19.3. The number of fused-ring (bicyclic) bond motifs is 1. The molecule has 1 heterocycles. The van der Waals surface area contributed by atoms with Crippen LogP contribution in [0.25, 0.3) is 0 Å². The normalized spacial score (nSPS) is 17.6. The molecule has 1 aliphatic heterocycles. The van der Waals surface area contributed by atoms with E-state index in [1.54, 1.807) is 36.4 Å². The highest BCUT2D eigenvalue weighted by Gasteiger charge is 2.45. The molecule has 0 aliphatic carbocycles. The number of alkyl carbamates (subject to hydrolysis) is 1. The number of hydrogen-bond donors (Lipinski definition) is 2. The van der Waals surface area contributed by atoms with Crippen LogP contribution in [0.15, 0.2) is 78.9 Å². The number of anilines is 1. The summed E-state index contributed by atoms with van der Waals surface area (Å²) < 4.78 is 41.3. The Hall–Kier alpha value is -3.61. The average Bonchev–Trinajstić information content (AvgIpc) is 2.83. The first-order valence-electron chi connectivity index (χ1n) is 10.3. The smallest absolute Gasteiger partial charge is 0.407 e. The van der Waals surface area contributed by atoms with Crippen LogP contribution >= 0.6 is 0 Å². The number of carbonyl (C=O) groups is 1. The van der Waals surface area contributed by atoms with Gasteiger partial charge < -0.3 is 20.1 Å². The SMILES string of the molecule is COc1ccc2c(c1)[C@@H](NC(=O)OCc1ccccc1)C[C@@H](C(F)(F)c1ccccc1)N2. The topological polar surface area (TPSA) is 59.6 Å². The van der Waals surface area contributed by atoms with Crippen LogP contribution in [0, 0.1) is 0 Å². The summed E-state index contributed by atoms with van der Waals surface area (Å²) in [6.45, 7) is 0.0895. The van der Waals surface area contributed by atoms with Gasteiger partial charge >= 0.3 is 6.09 Å². The maximum absolute atomic E-state index is 15.3. The van der Waals surface area contributed by atoms with Crippen LogP contribution in [0.2, 0.25) is 0 Å². The lowest BCUT2D eigenvalue weighted by molar-refractivity contribution is -0.0308. The zero-order valence-electron chi connectivity index (χ0n) is 17.6. The van der Waals surface area contributed by atoms with E-state index in [4.69, 9.17) is 9.47 Å². The number of rotatable bonds is 6. The van der Waals surface area contributed by atoms with Crippen molar-refractivity contribution in [3.63, 3.8) is 0 Å². The largest absolute Gasteiger partial charge is 0.497 e. The molecule has 32 heavy (non-hydrogen) atoms. The van der Waals surface area contributed by atoms with E-state index >= 15 is 8.78 Å². The molecule has 2 atom stereocenters. The molecule has 3 aromatic rings. The molecule has 1 aliphatic rings. The summed E-state index contributed by atoms with van der Waals surface area (Å²) >= 11 is 0. The Labute approximate surface area is 185 Å². The van der Waals surface area contributed by atoms with Gasteiger partial charge in [0.2, 0.25) is 0 Å². The lowest BCUT2D eigenvalue weighted by Crippen LogP contribution is -2.45. The van der Waals surface area contributed by atoms with E-state index in [1.165, 1.54) is 19.2 Å². The zero-order chi connectivity index (χ0) is 22.6. The molecule has 0 radical (unpaired) electrons. The van der Waals surface area contributed by atoms with Gasteiger partial charge in [-0.1, -0.05) is 60.7 Å². The molecule has 5 nitrogen and oxygen atoms in total. The van der Waals surface area contributed by atoms with Gasteiger partial charge in [0.1, 0.15) is 12.4 Å². The van der Waals surface area contributed by atoms with E-state index in [0.717, 1.165) is 5.56 Å². The number of nitrogens with one attached hydrogen (secondary N) is 2. The number of hydrogen-bond acceptors (Lipinski definition) is 4. The van der Waals surface area contributed by atoms with Crippen LogP contribution in [-0.2, 0) is 17.3 Å². The molecule has 2 N–H and O–H groups in total. The second-order valence-electron chi connectivity index (χ2n) is 7.63. The fourth-order valence-electron chi connectivity index (χ4n) is 3.84. The van der Waals surface area contributed by atoms with Crippen LogP contribution in [0.1, 0.15) is 29.2 Å². The Bertz CT molecular complexity index is 1060. The molecule has 7 heteroatoms. The molecule has 1 amide bonds. The Kier molecular flexibility index (Phi) is 6.25. The van der Waals surface area contributed by atoms with Gasteiger partial charge in [-0.15, -0.1) is 0 Å². The summed E-state index contributed by atoms with van der Waals surface area (Å²) in [5.74, 6) is -2.57. The van der Waals surface area contributed by atoms with Gasteiger partial charge in [-0.05, 0) is 30.2 Å². The average molecular weight is 438 g/mol. The summed E-state index contributed by atoms with van der Waals surface area (Å²) in [5.41, 5.74) is 1.94. The lowest BCUT2D eigenvalue weighted by Gasteiger charge is -2.37. The fourth-order valence-corrected chi connectivity index (χ4v) is 3.84. The van der Waals surface area contributed by atoms with E-state index in [2.05, 4.69) is 10.6 Å². The summed E-state index contributed by atoms with van der Waals surface area (Å²) in [7, 11) is 1.53. The van der Waals surface area contributed by atoms with Crippen LogP contribution < -0.4 is 15.4 Å². The minimum absolute atomic E-state index is 0.0253. The molecular formula is C25H24F2N2O3. The monoisotopic (exact) mass is 438 g/mol. The molecule has 0 fully saturated rings. The molecule has 0 unspecified atom stereocenters. The second kappa shape index (κ2) is 9.26. The van der Waals surface area contributed by atoms with Crippen molar-refractivity contribution in [1.29, 1.82) is 0 Å². The number of ether oxygens (including phenoxy) is 2. The van der Waals surface area contributed by atoms with Crippen LogP contribution in [0.4, 0.5) is 19.3 Å². The quantitative estimate of drug-likeness (QED) is 0.523. The molecule has 0 spiro atoms. The Balaban J connectivity index is 1.56. The molecule has 4 rings (SSSR count). The predicted molar refractivity (Wildman–Crippen MR) is 118 cm³/mol. The van der Waals surface area contributed by atoms with Crippen molar-refractivity contribution >= 4 is 11.8 Å². The molecule has 0 saturated heterocycles. The van der Waals surface area contributed by atoms with Crippen LogP contribution in [-0.4, -0.2) is 19.2 Å². The predicted octanol–water partition coefficient (Wildman–Crippen LogP) is 5.64. The van der Waals surface area contributed by atoms with Crippen molar-refractivity contribution in [2.45, 2.75) is 31.0 Å². The van der Waals surface area contributed by atoms with E-state index in [1.807, 2.05) is 30.3 Å². The third kappa shape index (κ3) is 4.66. The number of benzene rings is 3. The van der Waals surface area contributed by atoms with Gasteiger partial charge in [-0.3, -0.25) is 0 Å². The van der Waals surface area contributed by atoms with Crippen molar-refractivity contribution in [2.75, 3.05) is 12.4 Å². The van der Waals surface area contributed by atoms with Gasteiger partial charge in [0.05, 0.1) is 19.2 Å². The number of carbonyl (C=O) groups excluding carboxylic acids is 1. The third-order valence-corrected chi connectivity index (χ3v) is 5.54. The summed E-state index contributed by atoms with van der Waals surface area (Å²) in [6.07, 6.45) is -0.695. The van der Waals surface area contributed by atoms with Gasteiger partial charge in [0.15, 0.2) is 0 Å². The van der Waals surface area contributed by atoms with Crippen molar-refractivity contribution in [2.24, 2.45) is 0 Å². The van der Waals surface area contributed by atoms with E-state index in [-0.39, 0.29) is 18.6 Å². The van der Waals surface area contributed by atoms with Crippen molar-refractivity contribution in [1.82, 2.24) is 5.32 Å². The number of amides is 1. The lowest BCUT2D eigenvalue weighted by atomic mass is 9.87. The van der Waals surface area contributed by atoms with Crippen molar-refractivity contribution < 1.29 is 23.0 Å². The van der Waals surface area contributed by atoms with Gasteiger partial charge in [0.25, 0.3) is 5.92 Å². The number of halogens is 2. The first kappa shape index (κ1) is 21.6. The number of alkyl halides is 2. The van der Waals surface area contributed by atoms with E-state index < -0.39 is 24.1 Å². The van der Waals surface area contributed by atoms with E-state index in [0.29, 0.717) is 17.0 Å². The first-order valence-corrected chi connectivity index (χ1v) is 10.3. The van der Waals surface area contributed by atoms with Crippen molar-refractivity contribution in [3.8, 4) is 5.75 Å². The zero-order valence-corrected chi connectivity index (χ0v) is 17.6. The fraction of sp³-hybridized carbons (Fsp3) is 0.240. The van der Waals surface area contributed by atoms with E-state index in [9.17, 15) is 4.79 Å². The maximum Gasteiger partial charge on any atom is 0.407 e. The minimum Gasteiger partial charge on any atom is -0.497 e. The summed E-state index contributed by atoms with van der Waals surface area (Å²) in [6, 6.07) is 20.2. The molecule has 0 aromatic heterocycles. The highest BCUT2D eigenvalue weighted by molar-refractivity contribution is 5.70. The highest BCUT2D eigenvalue weighted by Crippen LogP contribution is 2.43. The molecular weight excluding hydrogens is 414 g/mol. The minimum atomic E-state index is -3.15. The molecule has 0 saturated carbocycles. The van der Waals surface area contributed by atoms with Crippen molar-refractivity contribution in [3.05, 3.63) is 95.6 Å². The second-order valence-corrected chi connectivity index (χ2v) is 7.63. The molecule has 166 valence electrons. The summed E-state index contributed by atoms with van der Waals surface area (Å²) in [5, 5.41) is 5.71. The Morgan fingerprint density at radius 3 is 2.44 bits per heavy atom. The maximum atomic E-state index is 15.3. The first-order chi connectivity index (χ1) is 15.5. The van der Waals surface area contributed by atoms with Gasteiger partial charge in [-0.2, -0.15) is 8.78 Å². The number of methoxy groups -OCH3 is 1. The Morgan fingerprint density at radius 2 is 1.75 bits per heavy atom. The van der Waals surface area contributed by atoms with Crippen LogP contribution in [0.3, 0.4) is 0 Å². The molecule has 3 aromatic carbocycles. The van der Waals surface area contributed by atoms with Gasteiger partial charge in [-0.25, -0.2) is 4.79 Å².